The summed E-state index contributed by atoms with van der Waals surface area (Å²) in [7, 11) is 2.00. The highest BCUT2D eigenvalue weighted by atomic mass is 19.4. The lowest BCUT2D eigenvalue weighted by Crippen LogP contribution is -2.14. The highest BCUT2D eigenvalue weighted by Gasteiger charge is 2.30. The normalized spacial score (nSPS) is 11.9. The molecule has 0 aliphatic heterocycles. The number of nitrogens with zero attached hydrogens (tertiary/aromatic N) is 1. The first-order valence-electron chi connectivity index (χ1n) is 6.77. The van der Waals surface area contributed by atoms with Gasteiger partial charge >= 0.3 is 6.18 Å². The quantitative estimate of drug-likeness (QED) is 0.904. The van der Waals surface area contributed by atoms with Gasteiger partial charge in [0.25, 0.3) is 0 Å². The SMILES string of the molecule is Cc1cc(CNCc2cccc(C(F)(F)F)c2)c(C)n1C. The minimum atomic E-state index is -4.29. The first kappa shape index (κ1) is 15.6. The van der Waals surface area contributed by atoms with E-state index in [0.717, 1.165) is 6.07 Å². The van der Waals surface area contributed by atoms with Gasteiger partial charge in [-0.05, 0) is 37.1 Å². The third-order valence-electron chi connectivity index (χ3n) is 3.78. The number of halogens is 3. The van der Waals surface area contributed by atoms with Gasteiger partial charge in [-0.2, -0.15) is 13.2 Å². The van der Waals surface area contributed by atoms with E-state index in [-0.39, 0.29) is 0 Å². The zero-order chi connectivity index (χ0) is 15.6. The summed E-state index contributed by atoms with van der Waals surface area (Å²) in [5.74, 6) is 0. The Bertz CT molecular complexity index is 627. The highest BCUT2D eigenvalue weighted by Crippen LogP contribution is 2.29. The maximum Gasteiger partial charge on any atom is 0.416 e. The van der Waals surface area contributed by atoms with Crippen LogP contribution in [0, 0.1) is 13.8 Å². The molecule has 0 radical (unpaired) electrons. The van der Waals surface area contributed by atoms with Crippen molar-refractivity contribution in [2.45, 2.75) is 33.1 Å². The van der Waals surface area contributed by atoms with Crippen LogP contribution in [-0.2, 0) is 26.3 Å². The van der Waals surface area contributed by atoms with Crippen molar-refractivity contribution in [2.24, 2.45) is 7.05 Å². The number of hydrogen-bond donors (Lipinski definition) is 1. The van der Waals surface area contributed by atoms with Crippen molar-refractivity contribution >= 4 is 0 Å². The molecule has 0 fully saturated rings. The first-order valence-corrected chi connectivity index (χ1v) is 6.77. The fourth-order valence-electron chi connectivity index (χ4n) is 2.31. The van der Waals surface area contributed by atoms with E-state index in [0.29, 0.717) is 18.7 Å². The Morgan fingerprint density at radius 2 is 1.81 bits per heavy atom. The lowest BCUT2D eigenvalue weighted by Gasteiger charge is -2.09. The topological polar surface area (TPSA) is 17.0 Å². The summed E-state index contributed by atoms with van der Waals surface area (Å²) in [6.07, 6.45) is -4.29. The number of alkyl halides is 3. The summed E-state index contributed by atoms with van der Waals surface area (Å²) in [4.78, 5) is 0. The van der Waals surface area contributed by atoms with Crippen LogP contribution in [0.2, 0.25) is 0 Å². The number of aryl methyl sites for hydroxylation is 1. The fourth-order valence-corrected chi connectivity index (χ4v) is 2.31. The van der Waals surface area contributed by atoms with Gasteiger partial charge in [-0.15, -0.1) is 0 Å². The molecule has 2 rings (SSSR count). The summed E-state index contributed by atoms with van der Waals surface area (Å²) in [6, 6.07) is 7.52. The van der Waals surface area contributed by atoms with Crippen LogP contribution in [0.4, 0.5) is 13.2 Å². The predicted octanol–water partition coefficient (Wildman–Crippen LogP) is 3.95. The molecule has 0 bridgehead atoms. The van der Waals surface area contributed by atoms with Crippen molar-refractivity contribution in [3.05, 3.63) is 58.4 Å². The van der Waals surface area contributed by atoms with Gasteiger partial charge in [0.05, 0.1) is 5.56 Å². The lowest BCUT2D eigenvalue weighted by molar-refractivity contribution is -0.137. The summed E-state index contributed by atoms with van der Waals surface area (Å²) in [6.45, 7) is 5.12. The van der Waals surface area contributed by atoms with E-state index < -0.39 is 11.7 Å². The molecule has 1 heterocycles. The van der Waals surface area contributed by atoms with Gasteiger partial charge in [0.15, 0.2) is 0 Å². The Kier molecular flexibility index (Phi) is 4.42. The molecule has 0 unspecified atom stereocenters. The number of rotatable bonds is 4. The molecule has 0 amide bonds. The molecule has 114 valence electrons. The number of aromatic nitrogens is 1. The molecule has 0 aliphatic carbocycles. The zero-order valence-electron chi connectivity index (χ0n) is 12.4. The van der Waals surface area contributed by atoms with Crippen molar-refractivity contribution < 1.29 is 13.2 Å². The van der Waals surface area contributed by atoms with E-state index in [2.05, 4.69) is 16.0 Å². The molecule has 1 N–H and O–H groups in total. The van der Waals surface area contributed by atoms with E-state index in [1.54, 1.807) is 6.07 Å². The monoisotopic (exact) mass is 296 g/mol. The Labute approximate surface area is 122 Å². The molecule has 1 aromatic heterocycles. The summed E-state index contributed by atoms with van der Waals surface area (Å²) in [5, 5.41) is 3.20. The van der Waals surface area contributed by atoms with Crippen molar-refractivity contribution in [3.63, 3.8) is 0 Å². The summed E-state index contributed by atoms with van der Waals surface area (Å²) < 4.78 is 40.0. The largest absolute Gasteiger partial charge is 0.416 e. The van der Waals surface area contributed by atoms with Gasteiger partial charge in [0, 0.05) is 31.5 Å². The molecule has 0 spiro atoms. The number of nitrogens with one attached hydrogen (secondary N) is 1. The van der Waals surface area contributed by atoms with E-state index in [1.807, 2.05) is 20.9 Å². The molecule has 2 nitrogen and oxygen atoms in total. The Morgan fingerprint density at radius 3 is 2.38 bits per heavy atom. The first-order chi connectivity index (χ1) is 9.79. The van der Waals surface area contributed by atoms with Crippen LogP contribution in [-0.4, -0.2) is 4.57 Å². The van der Waals surface area contributed by atoms with E-state index in [4.69, 9.17) is 0 Å². The molecule has 2 aromatic rings. The Hall–Kier alpha value is -1.75. The minimum absolute atomic E-state index is 0.414. The standard InChI is InChI=1S/C16H19F3N2/c1-11-7-14(12(2)21(11)3)10-20-9-13-5-4-6-15(8-13)16(17,18)19/h4-8,20H,9-10H2,1-3H3. The van der Waals surface area contributed by atoms with Crippen LogP contribution in [0.1, 0.15) is 28.1 Å². The van der Waals surface area contributed by atoms with Gasteiger partial charge in [-0.3, -0.25) is 0 Å². The molecular formula is C16H19F3N2. The second-order valence-corrected chi connectivity index (χ2v) is 5.26. The summed E-state index contributed by atoms with van der Waals surface area (Å²) in [5.41, 5.74) is 3.54. The smallest absolute Gasteiger partial charge is 0.352 e. The molecule has 1 aromatic carbocycles. The number of benzene rings is 1. The maximum absolute atomic E-state index is 12.6. The lowest BCUT2D eigenvalue weighted by atomic mass is 10.1. The summed E-state index contributed by atoms with van der Waals surface area (Å²) >= 11 is 0. The number of hydrogen-bond acceptors (Lipinski definition) is 1. The molecule has 0 saturated heterocycles. The van der Waals surface area contributed by atoms with Gasteiger partial charge in [0.1, 0.15) is 0 Å². The Morgan fingerprint density at radius 1 is 1.10 bits per heavy atom. The van der Waals surface area contributed by atoms with Crippen molar-refractivity contribution in [2.75, 3.05) is 0 Å². The van der Waals surface area contributed by atoms with E-state index in [9.17, 15) is 13.2 Å². The zero-order valence-corrected chi connectivity index (χ0v) is 12.4. The highest BCUT2D eigenvalue weighted by molar-refractivity contribution is 5.27. The Balaban J connectivity index is 1.99. The second kappa shape index (κ2) is 5.93. The van der Waals surface area contributed by atoms with Crippen LogP contribution in [0.15, 0.2) is 30.3 Å². The third-order valence-corrected chi connectivity index (χ3v) is 3.78. The van der Waals surface area contributed by atoms with Gasteiger partial charge in [-0.1, -0.05) is 18.2 Å². The van der Waals surface area contributed by atoms with Crippen LogP contribution in [0.25, 0.3) is 0 Å². The van der Waals surface area contributed by atoms with E-state index >= 15 is 0 Å². The molecule has 0 atom stereocenters. The van der Waals surface area contributed by atoms with Gasteiger partial charge in [0.2, 0.25) is 0 Å². The average Bonchev–Trinajstić information content (AvgIpc) is 2.66. The predicted molar refractivity (Wildman–Crippen MR) is 76.9 cm³/mol. The molecule has 21 heavy (non-hydrogen) atoms. The van der Waals surface area contributed by atoms with Crippen molar-refractivity contribution in [1.29, 1.82) is 0 Å². The minimum Gasteiger partial charge on any atom is -0.352 e. The molecule has 0 aliphatic rings. The van der Waals surface area contributed by atoms with Crippen LogP contribution in [0.3, 0.4) is 0 Å². The van der Waals surface area contributed by atoms with E-state index in [1.165, 1.54) is 29.1 Å². The fraction of sp³-hybridized carbons (Fsp3) is 0.375. The maximum atomic E-state index is 12.6. The molecule has 5 heteroatoms. The third kappa shape index (κ3) is 3.67. The van der Waals surface area contributed by atoms with Crippen LogP contribution < -0.4 is 5.32 Å². The molecule has 0 saturated carbocycles. The van der Waals surface area contributed by atoms with Gasteiger partial charge in [-0.25, -0.2) is 0 Å². The average molecular weight is 296 g/mol. The second-order valence-electron chi connectivity index (χ2n) is 5.26. The van der Waals surface area contributed by atoms with Crippen LogP contribution >= 0.6 is 0 Å². The van der Waals surface area contributed by atoms with Gasteiger partial charge < -0.3 is 9.88 Å². The van der Waals surface area contributed by atoms with Crippen molar-refractivity contribution in [3.8, 4) is 0 Å². The van der Waals surface area contributed by atoms with Crippen molar-refractivity contribution in [1.82, 2.24) is 9.88 Å². The molecular weight excluding hydrogens is 277 g/mol. The van der Waals surface area contributed by atoms with Crippen LogP contribution in [0.5, 0.6) is 0 Å².